The minimum Gasteiger partial charge on any atom is -0.384 e. The molecule has 1 aromatic rings. The van der Waals surface area contributed by atoms with E-state index in [1.807, 2.05) is 35.4 Å². The zero-order chi connectivity index (χ0) is 20.6. The Morgan fingerprint density at radius 2 is 2.18 bits per heavy atom. The van der Waals surface area contributed by atoms with Gasteiger partial charge in [-0.2, -0.15) is 0 Å². The lowest BCUT2D eigenvalue weighted by molar-refractivity contribution is 0.330. The second-order valence-corrected chi connectivity index (χ2v) is 10.2. The SMILES string of the molecule is C=S(=O)(CC)N1CCC(C(/C=C(\C)NCc2cccnc2)=N/C(C)=C\Br)CC1. The number of aromatic nitrogens is 1. The van der Waals surface area contributed by atoms with Crippen LogP contribution in [0.25, 0.3) is 0 Å². The summed E-state index contributed by atoms with van der Waals surface area (Å²) in [4.78, 5) is 10.8. The lowest BCUT2D eigenvalue weighted by atomic mass is 9.92. The van der Waals surface area contributed by atoms with E-state index in [0.717, 1.165) is 55.1 Å². The van der Waals surface area contributed by atoms with E-state index in [1.54, 1.807) is 6.20 Å². The Bertz CT molecular complexity index is 823. The van der Waals surface area contributed by atoms with Crippen LogP contribution >= 0.6 is 15.9 Å². The summed E-state index contributed by atoms with van der Waals surface area (Å²) in [6, 6.07) is 4.00. The number of aliphatic imine (C=N–C) groups is 1. The first-order valence-corrected chi connectivity index (χ1v) is 12.4. The molecule has 0 amide bonds. The predicted molar refractivity (Wildman–Crippen MR) is 125 cm³/mol. The van der Waals surface area contributed by atoms with E-state index < -0.39 is 9.71 Å². The summed E-state index contributed by atoms with van der Waals surface area (Å²) < 4.78 is 14.6. The predicted octanol–water partition coefficient (Wildman–Crippen LogP) is 4.14. The van der Waals surface area contributed by atoms with Gasteiger partial charge in [0.2, 0.25) is 0 Å². The first kappa shape index (κ1) is 22.8. The van der Waals surface area contributed by atoms with Crippen molar-refractivity contribution in [2.24, 2.45) is 10.9 Å². The Kier molecular flexibility index (Phi) is 8.92. The third kappa shape index (κ3) is 6.87. The molecule has 1 unspecified atom stereocenters. The van der Waals surface area contributed by atoms with Crippen molar-refractivity contribution >= 4 is 37.2 Å². The lowest BCUT2D eigenvalue weighted by Crippen LogP contribution is -2.40. The molecule has 154 valence electrons. The Morgan fingerprint density at radius 1 is 1.46 bits per heavy atom. The van der Waals surface area contributed by atoms with Gasteiger partial charge in [0, 0.05) is 75.5 Å². The standard InChI is InChI=1S/C21H31BrN4OS/c1-5-28(4,27)26-11-8-20(9-12-26)21(25-18(3)14-22)13-17(2)24-16-19-7-6-10-23-15-19/h6-7,10,13-15,20,24H,4-5,8-9,11-12,16H2,1-3H3/b17-13+,18-14-,25-21+. The van der Waals surface area contributed by atoms with Crippen molar-refractivity contribution < 1.29 is 4.21 Å². The van der Waals surface area contributed by atoms with Crippen molar-refractivity contribution in [2.75, 3.05) is 18.8 Å². The van der Waals surface area contributed by atoms with Crippen molar-refractivity contribution in [3.05, 3.63) is 52.5 Å². The molecular weight excluding hydrogens is 436 g/mol. The van der Waals surface area contributed by atoms with Crippen LogP contribution in [-0.4, -0.2) is 43.9 Å². The fraction of sp³-hybridized carbons (Fsp3) is 0.476. The second-order valence-electron chi connectivity index (χ2n) is 7.09. The van der Waals surface area contributed by atoms with Crippen LogP contribution in [0.2, 0.25) is 0 Å². The molecule has 5 nitrogen and oxygen atoms in total. The highest BCUT2D eigenvalue weighted by Crippen LogP contribution is 2.23. The van der Waals surface area contributed by atoms with Gasteiger partial charge in [-0.3, -0.25) is 14.2 Å². The van der Waals surface area contributed by atoms with Crippen LogP contribution in [0, 0.1) is 5.92 Å². The summed E-state index contributed by atoms with van der Waals surface area (Å²) in [5.74, 6) is 4.87. The Balaban J connectivity index is 2.09. The molecule has 0 bridgehead atoms. The topological polar surface area (TPSA) is 57.6 Å². The first-order chi connectivity index (χ1) is 13.4. The van der Waals surface area contributed by atoms with Crippen LogP contribution in [0.5, 0.6) is 0 Å². The molecule has 0 spiro atoms. The summed E-state index contributed by atoms with van der Waals surface area (Å²) in [7, 11) is -2.12. The second kappa shape index (κ2) is 10.9. The highest BCUT2D eigenvalue weighted by atomic mass is 79.9. The average molecular weight is 467 g/mol. The van der Waals surface area contributed by atoms with Crippen LogP contribution in [-0.2, 0) is 16.3 Å². The number of pyridine rings is 1. The molecule has 2 rings (SSSR count). The molecule has 1 saturated heterocycles. The van der Waals surface area contributed by atoms with Crippen LogP contribution in [0.15, 0.2) is 52.0 Å². The molecule has 0 aromatic carbocycles. The van der Waals surface area contributed by atoms with Gasteiger partial charge in [-0.25, -0.2) is 4.31 Å². The number of nitrogens with zero attached hydrogens (tertiary/aromatic N) is 3. The van der Waals surface area contributed by atoms with E-state index >= 15 is 0 Å². The van der Waals surface area contributed by atoms with E-state index in [9.17, 15) is 4.21 Å². The van der Waals surface area contributed by atoms with Gasteiger partial charge in [-0.05, 0) is 50.3 Å². The maximum absolute atomic E-state index is 12.6. The Morgan fingerprint density at radius 3 is 2.75 bits per heavy atom. The Hall–Kier alpha value is -1.44. The fourth-order valence-corrected chi connectivity index (χ4v) is 4.50. The highest BCUT2D eigenvalue weighted by Gasteiger charge is 2.26. The normalized spacial score (nSPS) is 20.1. The summed E-state index contributed by atoms with van der Waals surface area (Å²) in [5, 5.41) is 3.44. The van der Waals surface area contributed by atoms with Gasteiger partial charge >= 0.3 is 0 Å². The van der Waals surface area contributed by atoms with Gasteiger partial charge in [0.25, 0.3) is 0 Å². The van der Waals surface area contributed by atoms with Crippen molar-refractivity contribution in [2.45, 2.75) is 40.2 Å². The monoisotopic (exact) mass is 466 g/mol. The van der Waals surface area contributed by atoms with Crippen LogP contribution in [0.1, 0.15) is 39.2 Å². The lowest BCUT2D eigenvalue weighted by Gasteiger charge is -2.33. The van der Waals surface area contributed by atoms with Gasteiger partial charge in [0.15, 0.2) is 0 Å². The summed E-state index contributed by atoms with van der Waals surface area (Å²) >= 11 is 3.37. The van der Waals surface area contributed by atoms with Crippen LogP contribution in [0.3, 0.4) is 0 Å². The van der Waals surface area contributed by atoms with Gasteiger partial charge < -0.3 is 5.32 Å². The van der Waals surface area contributed by atoms with Gasteiger partial charge in [-0.15, -0.1) is 0 Å². The highest BCUT2D eigenvalue weighted by molar-refractivity contribution is 9.11. The quantitative estimate of drug-likeness (QED) is 0.462. The molecular formula is C21H31BrN4OS. The number of rotatable bonds is 8. The molecule has 1 aliphatic rings. The van der Waals surface area contributed by atoms with Gasteiger partial charge in [0.05, 0.1) is 0 Å². The third-order valence-corrected chi connectivity index (χ3v) is 7.79. The summed E-state index contributed by atoms with van der Waals surface area (Å²) in [5.41, 5.74) is 4.21. The number of hydrogen-bond donors (Lipinski definition) is 1. The number of nitrogens with one attached hydrogen (secondary N) is 1. The molecule has 1 atom stereocenters. The summed E-state index contributed by atoms with van der Waals surface area (Å²) in [6.07, 6.45) is 7.66. The first-order valence-electron chi connectivity index (χ1n) is 9.62. The van der Waals surface area contributed by atoms with Crippen LogP contribution < -0.4 is 5.32 Å². The number of halogens is 1. The van der Waals surface area contributed by atoms with Crippen molar-refractivity contribution in [1.29, 1.82) is 0 Å². The molecule has 7 heteroatoms. The maximum atomic E-state index is 12.6. The minimum atomic E-state index is -2.12. The van der Waals surface area contributed by atoms with Crippen LogP contribution in [0.4, 0.5) is 0 Å². The largest absolute Gasteiger partial charge is 0.384 e. The molecule has 0 saturated carbocycles. The molecule has 1 aliphatic heterocycles. The van der Waals surface area contributed by atoms with Gasteiger partial charge in [0.1, 0.15) is 0 Å². The van der Waals surface area contributed by atoms with Gasteiger partial charge in [-0.1, -0.05) is 28.9 Å². The van der Waals surface area contributed by atoms with E-state index in [-0.39, 0.29) is 0 Å². The summed E-state index contributed by atoms with van der Waals surface area (Å²) in [6.45, 7) is 8.32. The fourth-order valence-electron chi connectivity index (χ4n) is 3.15. The zero-order valence-electron chi connectivity index (χ0n) is 17.0. The van der Waals surface area contributed by atoms with E-state index in [4.69, 9.17) is 4.99 Å². The molecule has 1 N–H and O–H groups in total. The average Bonchev–Trinajstić information content (AvgIpc) is 2.72. The molecule has 2 heterocycles. The molecule has 0 aliphatic carbocycles. The molecule has 0 radical (unpaired) electrons. The van der Waals surface area contributed by atoms with Crippen molar-refractivity contribution in [1.82, 2.24) is 14.6 Å². The molecule has 1 fully saturated rings. The zero-order valence-corrected chi connectivity index (χ0v) is 19.4. The Labute approximate surface area is 178 Å². The van der Waals surface area contributed by atoms with E-state index in [0.29, 0.717) is 11.7 Å². The van der Waals surface area contributed by atoms with E-state index in [2.05, 4.69) is 51.2 Å². The number of piperidine rings is 1. The smallest absolute Gasteiger partial charge is 0.0455 e. The van der Waals surface area contributed by atoms with E-state index in [1.165, 1.54) is 0 Å². The minimum absolute atomic E-state index is 0.348. The van der Waals surface area contributed by atoms with Crippen molar-refractivity contribution in [3.63, 3.8) is 0 Å². The molecule has 28 heavy (non-hydrogen) atoms. The third-order valence-electron chi connectivity index (χ3n) is 4.92. The number of hydrogen-bond acceptors (Lipinski definition) is 4. The number of allylic oxidation sites excluding steroid dienone is 3. The molecule has 1 aromatic heterocycles. The van der Waals surface area contributed by atoms with Crippen molar-refractivity contribution in [3.8, 4) is 0 Å². The maximum Gasteiger partial charge on any atom is 0.0455 e.